The Balaban J connectivity index is 2.36. The third kappa shape index (κ3) is 4.29. The van der Waals surface area contributed by atoms with Gasteiger partial charge in [-0.15, -0.1) is 0 Å². The standard InChI is InChI=1S/C18H14Cl2N2O2/c1-11-4-3-5-15(6-11)22-18(23)13(10-21)7-12-8-14(19)9-16(20)17(12)24-2/h3-9H,1-2H3,(H,22,23)/b13-7+. The lowest BCUT2D eigenvalue weighted by Gasteiger charge is -2.09. The molecule has 1 amide bonds. The maximum atomic E-state index is 12.3. The fourth-order valence-corrected chi connectivity index (χ4v) is 2.71. The zero-order valence-corrected chi connectivity index (χ0v) is 14.6. The average Bonchev–Trinajstić information content (AvgIpc) is 2.52. The Bertz CT molecular complexity index is 855. The number of anilines is 1. The second-order valence-electron chi connectivity index (χ2n) is 5.00. The number of nitrogens with one attached hydrogen (secondary N) is 1. The SMILES string of the molecule is COc1c(Cl)cc(Cl)cc1/C=C(\C#N)C(=O)Nc1cccc(C)c1. The molecule has 2 aromatic carbocycles. The monoisotopic (exact) mass is 360 g/mol. The van der Waals surface area contributed by atoms with Crippen molar-refractivity contribution in [1.82, 2.24) is 0 Å². The van der Waals surface area contributed by atoms with E-state index < -0.39 is 5.91 Å². The topological polar surface area (TPSA) is 62.1 Å². The molecule has 0 aliphatic heterocycles. The number of benzene rings is 2. The molecular formula is C18H14Cl2N2O2. The van der Waals surface area contributed by atoms with Crippen LogP contribution in [0.2, 0.25) is 10.0 Å². The van der Waals surface area contributed by atoms with Gasteiger partial charge in [0.1, 0.15) is 17.4 Å². The minimum absolute atomic E-state index is 0.0897. The van der Waals surface area contributed by atoms with Crippen molar-refractivity contribution in [3.05, 3.63) is 63.1 Å². The van der Waals surface area contributed by atoms with E-state index in [0.717, 1.165) is 5.56 Å². The number of hydrogen-bond acceptors (Lipinski definition) is 3. The smallest absolute Gasteiger partial charge is 0.266 e. The number of carbonyl (C=O) groups is 1. The first-order valence-electron chi connectivity index (χ1n) is 6.97. The van der Waals surface area contributed by atoms with Gasteiger partial charge in [-0.2, -0.15) is 5.26 Å². The molecule has 0 radical (unpaired) electrons. The van der Waals surface area contributed by atoms with Crippen molar-refractivity contribution < 1.29 is 9.53 Å². The molecular weight excluding hydrogens is 347 g/mol. The van der Waals surface area contributed by atoms with Crippen LogP contribution in [0.1, 0.15) is 11.1 Å². The predicted octanol–water partition coefficient (Wildman–Crippen LogP) is 4.86. The zero-order chi connectivity index (χ0) is 17.7. The molecule has 2 rings (SSSR count). The van der Waals surface area contributed by atoms with Gasteiger partial charge in [0.05, 0.1) is 12.1 Å². The van der Waals surface area contributed by atoms with E-state index in [0.29, 0.717) is 27.0 Å². The lowest BCUT2D eigenvalue weighted by molar-refractivity contribution is -0.112. The summed E-state index contributed by atoms with van der Waals surface area (Å²) in [6, 6.07) is 12.3. The quantitative estimate of drug-likeness (QED) is 0.625. The highest BCUT2D eigenvalue weighted by Gasteiger charge is 2.14. The second-order valence-corrected chi connectivity index (χ2v) is 5.85. The van der Waals surface area contributed by atoms with E-state index in [9.17, 15) is 10.1 Å². The highest BCUT2D eigenvalue weighted by molar-refractivity contribution is 6.36. The number of nitriles is 1. The first-order chi connectivity index (χ1) is 11.4. The van der Waals surface area contributed by atoms with Crippen LogP contribution in [0.4, 0.5) is 5.69 Å². The van der Waals surface area contributed by atoms with E-state index in [1.165, 1.54) is 19.3 Å². The fourth-order valence-electron chi connectivity index (χ4n) is 2.13. The number of halogens is 2. The summed E-state index contributed by atoms with van der Waals surface area (Å²) >= 11 is 12.0. The molecule has 0 bridgehead atoms. The number of ether oxygens (including phenoxy) is 1. The van der Waals surface area contributed by atoms with Crippen LogP contribution in [0.25, 0.3) is 6.08 Å². The number of nitrogens with zero attached hydrogens (tertiary/aromatic N) is 1. The van der Waals surface area contributed by atoms with E-state index in [-0.39, 0.29) is 5.57 Å². The van der Waals surface area contributed by atoms with E-state index in [2.05, 4.69) is 5.32 Å². The molecule has 6 heteroatoms. The Morgan fingerprint density at radius 2 is 2.04 bits per heavy atom. The van der Waals surface area contributed by atoms with E-state index in [1.54, 1.807) is 12.1 Å². The summed E-state index contributed by atoms with van der Waals surface area (Å²) in [5.41, 5.74) is 1.97. The Hall–Kier alpha value is -2.48. The van der Waals surface area contributed by atoms with E-state index in [4.69, 9.17) is 27.9 Å². The molecule has 0 saturated carbocycles. The van der Waals surface area contributed by atoms with Gasteiger partial charge in [0.15, 0.2) is 0 Å². The van der Waals surface area contributed by atoms with Gasteiger partial charge in [0.2, 0.25) is 0 Å². The third-order valence-electron chi connectivity index (χ3n) is 3.18. The van der Waals surface area contributed by atoms with Crippen molar-refractivity contribution in [3.63, 3.8) is 0 Å². The Kier molecular flexibility index (Phi) is 5.86. The number of amides is 1. The van der Waals surface area contributed by atoms with Crippen LogP contribution in [0.3, 0.4) is 0 Å². The molecule has 0 aliphatic carbocycles. The molecule has 0 heterocycles. The molecule has 2 aromatic rings. The Morgan fingerprint density at radius 1 is 1.29 bits per heavy atom. The van der Waals surface area contributed by atoms with Crippen LogP contribution >= 0.6 is 23.2 Å². The van der Waals surface area contributed by atoms with Crippen LogP contribution < -0.4 is 10.1 Å². The van der Waals surface area contributed by atoms with Crippen molar-refractivity contribution in [2.24, 2.45) is 0 Å². The second kappa shape index (κ2) is 7.87. The van der Waals surface area contributed by atoms with Crippen LogP contribution in [0.15, 0.2) is 42.0 Å². The molecule has 0 aromatic heterocycles. The van der Waals surface area contributed by atoms with Crippen LogP contribution in [0, 0.1) is 18.3 Å². The summed E-state index contributed by atoms with van der Waals surface area (Å²) in [5, 5.41) is 12.7. The van der Waals surface area contributed by atoms with E-state index in [1.807, 2.05) is 31.2 Å². The molecule has 24 heavy (non-hydrogen) atoms. The fraction of sp³-hybridized carbons (Fsp3) is 0.111. The number of carbonyl (C=O) groups excluding carboxylic acids is 1. The van der Waals surface area contributed by atoms with Gasteiger partial charge in [-0.1, -0.05) is 35.3 Å². The molecule has 0 spiro atoms. The Labute approximate surface area is 150 Å². The van der Waals surface area contributed by atoms with Crippen molar-refractivity contribution in [2.75, 3.05) is 12.4 Å². The molecule has 0 atom stereocenters. The van der Waals surface area contributed by atoms with Crippen molar-refractivity contribution in [3.8, 4) is 11.8 Å². The highest BCUT2D eigenvalue weighted by Crippen LogP contribution is 2.33. The molecule has 0 unspecified atom stereocenters. The number of hydrogen-bond donors (Lipinski definition) is 1. The average molecular weight is 361 g/mol. The molecule has 0 saturated heterocycles. The third-order valence-corrected chi connectivity index (χ3v) is 3.68. The minimum atomic E-state index is -0.527. The molecule has 1 N–H and O–H groups in total. The lowest BCUT2D eigenvalue weighted by atomic mass is 10.1. The summed E-state index contributed by atoms with van der Waals surface area (Å²) in [4.78, 5) is 12.3. The Morgan fingerprint density at radius 3 is 2.67 bits per heavy atom. The van der Waals surface area contributed by atoms with Crippen LogP contribution in [-0.4, -0.2) is 13.0 Å². The summed E-state index contributed by atoms with van der Waals surface area (Å²) in [5.74, 6) is -0.182. The van der Waals surface area contributed by atoms with Crippen molar-refractivity contribution >= 4 is 40.9 Å². The maximum Gasteiger partial charge on any atom is 0.266 e. The van der Waals surface area contributed by atoms with Crippen molar-refractivity contribution in [1.29, 1.82) is 5.26 Å². The van der Waals surface area contributed by atoms with Crippen molar-refractivity contribution in [2.45, 2.75) is 6.92 Å². The van der Waals surface area contributed by atoms with Crippen LogP contribution in [-0.2, 0) is 4.79 Å². The molecule has 4 nitrogen and oxygen atoms in total. The van der Waals surface area contributed by atoms with Gasteiger partial charge in [-0.3, -0.25) is 4.79 Å². The number of rotatable bonds is 4. The summed E-state index contributed by atoms with van der Waals surface area (Å²) in [7, 11) is 1.45. The normalized spacial score (nSPS) is 10.9. The van der Waals surface area contributed by atoms with Gasteiger partial charge in [0.25, 0.3) is 5.91 Å². The van der Waals surface area contributed by atoms with E-state index >= 15 is 0 Å². The number of aryl methyl sites for hydroxylation is 1. The van der Waals surface area contributed by atoms with Gasteiger partial charge in [-0.25, -0.2) is 0 Å². The van der Waals surface area contributed by atoms with Gasteiger partial charge >= 0.3 is 0 Å². The first-order valence-corrected chi connectivity index (χ1v) is 7.73. The maximum absolute atomic E-state index is 12.3. The minimum Gasteiger partial charge on any atom is -0.495 e. The largest absolute Gasteiger partial charge is 0.495 e. The van der Waals surface area contributed by atoms with Gasteiger partial charge in [0, 0.05) is 16.3 Å². The van der Waals surface area contributed by atoms with Crippen LogP contribution in [0.5, 0.6) is 5.75 Å². The zero-order valence-electron chi connectivity index (χ0n) is 13.1. The predicted molar refractivity (Wildman–Crippen MR) is 96.4 cm³/mol. The van der Waals surface area contributed by atoms with Gasteiger partial charge in [-0.05, 0) is 42.8 Å². The molecule has 0 aliphatic rings. The first kappa shape index (κ1) is 17.9. The summed E-state index contributed by atoms with van der Waals surface area (Å²) in [6.07, 6.45) is 1.39. The summed E-state index contributed by atoms with van der Waals surface area (Å²) in [6.45, 7) is 1.91. The van der Waals surface area contributed by atoms with Gasteiger partial charge < -0.3 is 10.1 Å². The number of methoxy groups -OCH3 is 1. The molecule has 122 valence electrons. The molecule has 0 fully saturated rings. The summed E-state index contributed by atoms with van der Waals surface area (Å²) < 4.78 is 5.21. The lowest BCUT2D eigenvalue weighted by Crippen LogP contribution is -2.13. The highest BCUT2D eigenvalue weighted by atomic mass is 35.5.